The predicted octanol–water partition coefficient (Wildman–Crippen LogP) is 1.78. The lowest BCUT2D eigenvalue weighted by Gasteiger charge is -2.09. The van der Waals surface area contributed by atoms with Crippen LogP contribution in [-0.4, -0.2) is 20.8 Å². The van der Waals surface area contributed by atoms with Crippen molar-refractivity contribution in [3.05, 3.63) is 39.9 Å². The van der Waals surface area contributed by atoms with Gasteiger partial charge < -0.3 is 5.11 Å². The summed E-state index contributed by atoms with van der Waals surface area (Å²) < 4.78 is 1.56. The highest BCUT2D eigenvalue weighted by molar-refractivity contribution is 5.81. The standard InChI is InChI=1S/C14H18N2O2/c1-9-6-10(2)13-12(7-9)14(18)16(8-15-13)5-4-11(3)17/h6-8,11,17H,4-5H2,1-3H3/t11-/m0/s1. The molecule has 0 aliphatic rings. The zero-order chi connectivity index (χ0) is 13.3. The summed E-state index contributed by atoms with van der Waals surface area (Å²) in [6.45, 7) is 6.14. The molecule has 2 aromatic rings. The van der Waals surface area contributed by atoms with Crippen LogP contribution in [0.25, 0.3) is 10.9 Å². The van der Waals surface area contributed by atoms with Gasteiger partial charge in [0.1, 0.15) is 0 Å². The van der Waals surface area contributed by atoms with Crippen molar-refractivity contribution in [2.75, 3.05) is 0 Å². The lowest BCUT2D eigenvalue weighted by atomic mass is 10.1. The fraction of sp³-hybridized carbons (Fsp3) is 0.429. The number of aryl methyl sites for hydroxylation is 3. The lowest BCUT2D eigenvalue weighted by Crippen LogP contribution is -2.22. The van der Waals surface area contributed by atoms with E-state index in [2.05, 4.69) is 4.98 Å². The van der Waals surface area contributed by atoms with E-state index >= 15 is 0 Å². The molecule has 0 amide bonds. The highest BCUT2D eigenvalue weighted by atomic mass is 16.3. The molecule has 0 aliphatic heterocycles. The van der Waals surface area contributed by atoms with Crippen molar-refractivity contribution < 1.29 is 5.11 Å². The maximum Gasteiger partial charge on any atom is 0.261 e. The molecular formula is C14H18N2O2. The zero-order valence-corrected chi connectivity index (χ0v) is 11.0. The van der Waals surface area contributed by atoms with E-state index in [-0.39, 0.29) is 5.56 Å². The molecule has 1 N–H and O–H groups in total. The third-order valence-electron chi connectivity index (χ3n) is 3.05. The van der Waals surface area contributed by atoms with Gasteiger partial charge in [-0.25, -0.2) is 4.98 Å². The summed E-state index contributed by atoms with van der Waals surface area (Å²) in [5.74, 6) is 0. The van der Waals surface area contributed by atoms with Crippen LogP contribution in [0.1, 0.15) is 24.5 Å². The lowest BCUT2D eigenvalue weighted by molar-refractivity contribution is 0.177. The molecule has 4 heteroatoms. The van der Waals surface area contributed by atoms with Crippen molar-refractivity contribution in [3.8, 4) is 0 Å². The zero-order valence-electron chi connectivity index (χ0n) is 11.0. The van der Waals surface area contributed by atoms with Gasteiger partial charge in [0, 0.05) is 6.54 Å². The van der Waals surface area contributed by atoms with E-state index in [9.17, 15) is 9.90 Å². The van der Waals surface area contributed by atoms with Gasteiger partial charge in [-0.05, 0) is 44.4 Å². The quantitative estimate of drug-likeness (QED) is 0.898. The first kappa shape index (κ1) is 12.8. The summed E-state index contributed by atoms with van der Waals surface area (Å²) in [5.41, 5.74) is 2.81. The van der Waals surface area contributed by atoms with Crippen molar-refractivity contribution in [1.29, 1.82) is 0 Å². The Balaban J connectivity index is 2.53. The van der Waals surface area contributed by atoms with Gasteiger partial charge in [0.25, 0.3) is 5.56 Å². The number of benzene rings is 1. The molecule has 0 bridgehead atoms. The van der Waals surface area contributed by atoms with Gasteiger partial charge >= 0.3 is 0 Å². The van der Waals surface area contributed by atoms with Crippen LogP contribution < -0.4 is 5.56 Å². The Labute approximate surface area is 106 Å². The number of hydrogen-bond acceptors (Lipinski definition) is 3. The molecule has 1 atom stereocenters. The van der Waals surface area contributed by atoms with Crippen LogP contribution in [0.2, 0.25) is 0 Å². The highest BCUT2D eigenvalue weighted by Gasteiger charge is 2.07. The summed E-state index contributed by atoms with van der Waals surface area (Å²) in [5, 5.41) is 9.92. The second kappa shape index (κ2) is 4.90. The SMILES string of the molecule is Cc1cc(C)c2ncn(CC[C@H](C)O)c(=O)c2c1. The molecular weight excluding hydrogens is 228 g/mol. The summed E-state index contributed by atoms with van der Waals surface area (Å²) >= 11 is 0. The molecule has 0 fully saturated rings. The average molecular weight is 246 g/mol. The van der Waals surface area contributed by atoms with Gasteiger partial charge in [-0.3, -0.25) is 9.36 Å². The maximum absolute atomic E-state index is 12.3. The Morgan fingerprint density at radius 3 is 2.78 bits per heavy atom. The predicted molar refractivity (Wildman–Crippen MR) is 71.8 cm³/mol. The summed E-state index contributed by atoms with van der Waals surface area (Å²) in [4.78, 5) is 16.6. The summed E-state index contributed by atoms with van der Waals surface area (Å²) in [7, 11) is 0. The minimum atomic E-state index is -0.410. The molecule has 0 saturated carbocycles. The van der Waals surface area contributed by atoms with E-state index in [0.29, 0.717) is 18.4 Å². The van der Waals surface area contributed by atoms with Crippen LogP contribution in [0, 0.1) is 13.8 Å². The molecule has 0 aliphatic carbocycles. The van der Waals surface area contributed by atoms with Gasteiger partial charge in [0.15, 0.2) is 0 Å². The Kier molecular flexibility index (Phi) is 3.48. The van der Waals surface area contributed by atoms with Crippen LogP contribution in [-0.2, 0) is 6.54 Å². The number of nitrogens with zero attached hydrogens (tertiary/aromatic N) is 2. The van der Waals surface area contributed by atoms with Crippen LogP contribution in [0.4, 0.5) is 0 Å². The molecule has 1 aromatic heterocycles. The number of rotatable bonds is 3. The molecule has 18 heavy (non-hydrogen) atoms. The maximum atomic E-state index is 12.3. The smallest absolute Gasteiger partial charge is 0.261 e. The molecule has 0 radical (unpaired) electrons. The van der Waals surface area contributed by atoms with E-state index in [1.165, 1.54) is 0 Å². The van der Waals surface area contributed by atoms with Crippen LogP contribution in [0.5, 0.6) is 0 Å². The van der Waals surface area contributed by atoms with E-state index in [1.807, 2.05) is 26.0 Å². The first-order valence-corrected chi connectivity index (χ1v) is 6.13. The van der Waals surface area contributed by atoms with Gasteiger partial charge in [-0.15, -0.1) is 0 Å². The van der Waals surface area contributed by atoms with Gasteiger partial charge in [0.2, 0.25) is 0 Å². The van der Waals surface area contributed by atoms with Gasteiger partial charge in [-0.1, -0.05) is 6.07 Å². The Morgan fingerprint density at radius 1 is 1.39 bits per heavy atom. The van der Waals surface area contributed by atoms with Crippen molar-refractivity contribution >= 4 is 10.9 Å². The Bertz CT molecular complexity index is 629. The fourth-order valence-corrected chi connectivity index (χ4v) is 2.11. The van der Waals surface area contributed by atoms with Crippen molar-refractivity contribution in [2.45, 2.75) is 39.8 Å². The third-order valence-corrected chi connectivity index (χ3v) is 3.05. The molecule has 0 spiro atoms. The summed E-state index contributed by atoms with van der Waals surface area (Å²) in [6, 6.07) is 3.89. The van der Waals surface area contributed by atoms with Crippen molar-refractivity contribution in [2.24, 2.45) is 0 Å². The number of fused-ring (bicyclic) bond motifs is 1. The molecule has 2 rings (SSSR count). The highest BCUT2D eigenvalue weighted by Crippen LogP contribution is 2.14. The van der Waals surface area contributed by atoms with Crippen molar-refractivity contribution in [3.63, 3.8) is 0 Å². The second-order valence-corrected chi connectivity index (χ2v) is 4.86. The molecule has 0 unspecified atom stereocenters. The van der Waals surface area contributed by atoms with E-state index in [4.69, 9.17) is 0 Å². The second-order valence-electron chi connectivity index (χ2n) is 4.86. The van der Waals surface area contributed by atoms with Crippen LogP contribution in [0.3, 0.4) is 0 Å². The number of hydrogen-bond donors (Lipinski definition) is 1. The minimum Gasteiger partial charge on any atom is -0.393 e. The number of aromatic nitrogens is 2. The van der Waals surface area contributed by atoms with E-state index in [1.54, 1.807) is 17.8 Å². The average Bonchev–Trinajstić information content (AvgIpc) is 2.29. The topological polar surface area (TPSA) is 55.1 Å². The van der Waals surface area contributed by atoms with Gasteiger partial charge in [-0.2, -0.15) is 0 Å². The first-order chi connectivity index (χ1) is 8.49. The third kappa shape index (κ3) is 2.43. The number of aliphatic hydroxyl groups excluding tert-OH is 1. The number of aliphatic hydroxyl groups is 1. The molecule has 1 aromatic carbocycles. The largest absolute Gasteiger partial charge is 0.393 e. The van der Waals surface area contributed by atoms with E-state index < -0.39 is 6.10 Å². The Morgan fingerprint density at radius 2 is 2.11 bits per heavy atom. The fourth-order valence-electron chi connectivity index (χ4n) is 2.11. The molecule has 96 valence electrons. The minimum absolute atomic E-state index is 0.0348. The monoisotopic (exact) mass is 246 g/mol. The van der Waals surface area contributed by atoms with Crippen LogP contribution in [0.15, 0.2) is 23.3 Å². The molecule has 0 saturated heterocycles. The molecule has 1 heterocycles. The van der Waals surface area contributed by atoms with E-state index in [0.717, 1.165) is 16.6 Å². The van der Waals surface area contributed by atoms with Crippen molar-refractivity contribution in [1.82, 2.24) is 9.55 Å². The Hall–Kier alpha value is -1.68. The van der Waals surface area contributed by atoms with Gasteiger partial charge in [0.05, 0.1) is 23.3 Å². The summed E-state index contributed by atoms with van der Waals surface area (Å²) in [6.07, 6.45) is 1.71. The molecule has 4 nitrogen and oxygen atoms in total. The normalized spacial score (nSPS) is 12.9. The van der Waals surface area contributed by atoms with Crippen LogP contribution >= 0.6 is 0 Å². The first-order valence-electron chi connectivity index (χ1n) is 6.13.